The van der Waals surface area contributed by atoms with Crippen molar-refractivity contribution in [2.24, 2.45) is 11.8 Å². The predicted octanol–water partition coefficient (Wildman–Crippen LogP) is 3.97. The van der Waals surface area contributed by atoms with Crippen molar-refractivity contribution in [2.75, 3.05) is 31.1 Å². The number of hydrogen-bond donors (Lipinski definition) is 1. The molecule has 1 unspecified atom stereocenters. The van der Waals surface area contributed by atoms with Crippen molar-refractivity contribution in [3.63, 3.8) is 0 Å². The number of halogens is 1. The van der Waals surface area contributed by atoms with Gasteiger partial charge in [0, 0.05) is 43.5 Å². The van der Waals surface area contributed by atoms with Crippen molar-refractivity contribution in [1.29, 1.82) is 0 Å². The summed E-state index contributed by atoms with van der Waals surface area (Å²) in [5.74, 6) is -2.13. The number of nitrogens with zero attached hydrogens (tertiary/aromatic N) is 3. The molecule has 0 radical (unpaired) electrons. The van der Waals surface area contributed by atoms with Crippen molar-refractivity contribution in [1.82, 2.24) is 9.80 Å². The number of benzene rings is 2. The van der Waals surface area contributed by atoms with Gasteiger partial charge in [0.1, 0.15) is 11.6 Å². The third-order valence-electron chi connectivity index (χ3n) is 8.90. The quantitative estimate of drug-likeness (QED) is 0.353. The van der Waals surface area contributed by atoms with Crippen molar-refractivity contribution in [3.8, 4) is 0 Å². The molecule has 5 atom stereocenters. The highest BCUT2D eigenvalue weighted by Gasteiger charge is 2.71. The minimum absolute atomic E-state index is 0.127. The number of rotatable bonds is 9. The molecule has 2 aromatic carbocycles. The van der Waals surface area contributed by atoms with E-state index in [1.807, 2.05) is 54.6 Å². The van der Waals surface area contributed by atoms with E-state index in [0.29, 0.717) is 49.7 Å². The van der Waals surface area contributed by atoms with E-state index in [-0.39, 0.29) is 24.3 Å². The molecule has 220 valence electrons. The molecule has 0 bridgehead atoms. The van der Waals surface area contributed by atoms with Crippen LogP contribution in [0.5, 0.6) is 0 Å². The summed E-state index contributed by atoms with van der Waals surface area (Å²) < 4.78 is 6.74. The van der Waals surface area contributed by atoms with Crippen LogP contribution in [0.3, 0.4) is 0 Å². The molecule has 9 heteroatoms. The van der Waals surface area contributed by atoms with Gasteiger partial charge in [0.25, 0.3) is 5.91 Å². The topological polar surface area (TPSA) is 90.4 Å². The summed E-state index contributed by atoms with van der Waals surface area (Å²) in [6.45, 7) is 1.67. The Balaban J connectivity index is 1.35. The van der Waals surface area contributed by atoms with E-state index < -0.39 is 29.6 Å². The maximum Gasteiger partial charge on any atom is 0.253 e. The van der Waals surface area contributed by atoms with Gasteiger partial charge >= 0.3 is 0 Å². The van der Waals surface area contributed by atoms with Crippen LogP contribution in [0, 0.1) is 11.8 Å². The second kappa shape index (κ2) is 12.0. The molecular formula is C33H36ClN3O5. The van der Waals surface area contributed by atoms with Gasteiger partial charge in [0.05, 0.1) is 17.9 Å². The van der Waals surface area contributed by atoms with E-state index in [9.17, 15) is 19.5 Å². The third-order valence-corrected chi connectivity index (χ3v) is 9.16. The Bertz CT molecular complexity index is 1380. The molecule has 2 saturated heterocycles. The molecule has 1 N–H and O–H groups in total. The largest absolute Gasteiger partial charge is 0.396 e. The maximum atomic E-state index is 14.4. The summed E-state index contributed by atoms with van der Waals surface area (Å²) in [5, 5.41) is 9.75. The van der Waals surface area contributed by atoms with Gasteiger partial charge in [-0.25, -0.2) is 0 Å². The monoisotopic (exact) mass is 589 g/mol. The number of hydrogen-bond acceptors (Lipinski definition) is 5. The summed E-state index contributed by atoms with van der Waals surface area (Å²) in [7, 11) is 0. The van der Waals surface area contributed by atoms with Gasteiger partial charge in [-0.2, -0.15) is 0 Å². The van der Waals surface area contributed by atoms with Crippen LogP contribution in [-0.4, -0.2) is 76.6 Å². The van der Waals surface area contributed by atoms with Gasteiger partial charge < -0.3 is 24.5 Å². The number of carbonyl (C=O) groups is 3. The Morgan fingerprint density at radius 1 is 0.881 bits per heavy atom. The van der Waals surface area contributed by atoms with Gasteiger partial charge in [0.15, 0.2) is 0 Å². The first-order chi connectivity index (χ1) is 20.4. The van der Waals surface area contributed by atoms with Crippen molar-refractivity contribution in [2.45, 2.75) is 50.0 Å². The summed E-state index contributed by atoms with van der Waals surface area (Å²) in [5.41, 5.74) is 0.433. The molecule has 1 spiro atoms. The maximum absolute atomic E-state index is 14.4. The van der Waals surface area contributed by atoms with Crippen molar-refractivity contribution < 1.29 is 24.2 Å². The SMILES string of the molecule is O=C1[C@@H]2[C@H](C=CCN1Cc1ccccc1)O[C@]13C=CCN(c4ccc(Cl)cc4)C(=O)C1N(CCCCCCO)C(=O)[C@H]23. The zero-order valence-corrected chi connectivity index (χ0v) is 24.2. The van der Waals surface area contributed by atoms with Crippen LogP contribution in [0.25, 0.3) is 0 Å². The van der Waals surface area contributed by atoms with Gasteiger partial charge in [0.2, 0.25) is 11.8 Å². The lowest BCUT2D eigenvalue weighted by molar-refractivity contribution is -0.144. The van der Waals surface area contributed by atoms with Crippen LogP contribution in [0.4, 0.5) is 5.69 Å². The lowest BCUT2D eigenvalue weighted by Gasteiger charge is -2.35. The molecule has 0 saturated carbocycles. The van der Waals surface area contributed by atoms with Crippen LogP contribution < -0.4 is 4.90 Å². The average molecular weight is 590 g/mol. The molecule has 4 aliphatic rings. The summed E-state index contributed by atoms with van der Waals surface area (Å²) in [6.07, 6.45) is 10.0. The average Bonchev–Trinajstić information content (AvgIpc) is 3.31. The molecule has 0 aliphatic carbocycles. The number of likely N-dealkylation sites (tertiary alicyclic amines) is 1. The van der Waals surface area contributed by atoms with Gasteiger partial charge in [-0.1, -0.05) is 79.1 Å². The molecule has 4 heterocycles. The zero-order chi connectivity index (χ0) is 29.3. The molecular weight excluding hydrogens is 554 g/mol. The minimum Gasteiger partial charge on any atom is -0.396 e. The highest BCUT2D eigenvalue weighted by molar-refractivity contribution is 6.30. The number of aliphatic hydroxyl groups excluding tert-OH is 1. The normalized spacial score (nSPS) is 28.5. The van der Waals surface area contributed by atoms with E-state index >= 15 is 0 Å². The smallest absolute Gasteiger partial charge is 0.253 e. The number of unbranched alkanes of at least 4 members (excludes halogenated alkanes) is 3. The lowest BCUT2D eigenvalue weighted by atomic mass is 9.77. The molecule has 2 aromatic rings. The highest BCUT2D eigenvalue weighted by atomic mass is 35.5. The Labute approximate surface area is 251 Å². The van der Waals surface area contributed by atoms with E-state index in [1.165, 1.54) is 0 Å². The predicted molar refractivity (Wildman–Crippen MR) is 160 cm³/mol. The second-order valence-electron chi connectivity index (χ2n) is 11.5. The number of carbonyl (C=O) groups excluding carboxylic acids is 3. The molecule has 2 fully saturated rings. The fourth-order valence-corrected chi connectivity index (χ4v) is 7.10. The van der Waals surface area contributed by atoms with Crippen LogP contribution in [0.15, 0.2) is 78.9 Å². The second-order valence-corrected chi connectivity index (χ2v) is 11.9. The fourth-order valence-electron chi connectivity index (χ4n) is 6.98. The Morgan fingerprint density at radius 2 is 1.64 bits per heavy atom. The zero-order valence-electron chi connectivity index (χ0n) is 23.5. The molecule has 0 aromatic heterocycles. The van der Waals surface area contributed by atoms with Gasteiger partial charge in [-0.3, -0.25) is 14.4 Å². The van der Waals surface area contributed by atoms with Crippen molar-refractivity contribution in [3.05, 3.63) is 89.5 Å². The molecule has 6 rings (SSSR count). The molecule has 4 aliphatic heterocycles. The third kappa shape index (κ3) is 5.06. The highest BCUT2D eigenvalue weighted by Crippen LogP contribution is 2.53. The first-order valence-corrected chi connectivity index (χ1v) is 15.2. The van der Waals surface area contributed by atoms with E-state index in [4.69, 9.17) is 16.3 Å². The Hall–Kier alpha value is -3.46. The first-order valence-electron chi connectivity index (χ1n) is 14.8. The fraction of sp³-hybridized carbons (Fsp3) is 0.424. The van der Waals surface area contributed by atoms with E-state index in [1.54, 1.807) is 39.0 Å². The summed E-state index contributed by atoms with van der Waals surface area (Å²) >= 11 is 6.13. The summed E-state index contributed by atoms with van der Waals surface area (Å²) in [4.78, 5) is 48.1. The Morgan fingerprint density at radius 3 is 2.40 bits per heavy atom. The van der Waals surface area contributed by atoms with Crippen LogP contribution in [0.1, 0.15) is 31.2 Å². The lowest BCUT2D eigenvalue weighted by Crippen LogP contribution is -2.55. The summed E-state index contributed by atoms with van der Waals surface area (Å²) in [6, 6.07) is 16.0. The number of anilines is 1. The van der Waals surface area contributed by atoms with Gasteiger partial charge in [-0.05, 0) is 42.7 Å². The van der Waals surface area contributed by atoms with Crippen molar-refractivity contribution >= 4 is 35.0 Å². The molecule has 42 heavy (non-hydrogen) atoms. The number of ether oxygens (including phenoxy) is 1. The number of amides is 3. The van der Waals surface area contributed by atoms with E-state index in [2.05, 4.69) is 0 Å². The van der Waals surface area contributed by atoms with Crippen LogP contribution >= 0.6 is 11.6 Å². The van der Waals surface area contributed by atoms with E-state index in [0.717, 1.165) is 18.4 Å². The number of aliphatic hydroxyl groups is 1. The molecule has 3 amide bonds. The Kier molecular flexibility index (Phi) is 8.21. The van der Waals surface area contributed by atoms with Crippen LogP contribution in [-0.2, 0) is 25.7 Å². The number of fused-ring (bicyclic) bond motifs is 2. The standard InChI is InChI=1S/C33H36ClN3O5/c34-24-13-15-25(16-14-24)36-20-9-17-33-28(31(40)37(29(33)32(36)41)19-6-1-2-7-21-38)27-26(42-33)12-8-18-35(30(27)39)22-23-10-4-3-5-11-23/h3-5,8-17,26-29,38H,1-2,6-7,18-22H2/t26-,27+,28-,29?,33-/m0/s1. The minimum atomic E-state index is -1.26. The molecule has 8 nitrogen and oxygen atoms in total. The van der Waals surface area contributed by atoms with Gasteiger partial charge in [-0.15, -0.1) is 0 Å². The first kappa shape index (κ1) is 28.6. The van der Waals surface area contributed by atoms with Crippen LogP contribution in [0.2, 0.25) is 5.02 Å².